The molecule has 1 atom stereocenters. The van der Waals surface area contributed by atoms with Crippen LogP contribution in [0.3, 0.4) is 0 Å². The first kappa shape index (κ1) is 18.4. The number of hydrogen-bond acceptors (Lipinski definition) is 3. The predicted octanol–water partition coefficient (Wildman–Crippen LogP) is 3.35. The third-order valence-electron chi connectivity index (χ3n) is 4.47. The third kappa shape index (κ3) is 4.56. The topological polar surface area (TPSA) is 54.0 Å². The summed E-state index contributed by atoms with van der Waals surface area (Å²) in [5, 5.41) is 6.44. The molecule has 1 unspecified atom stereocenters. The fourth-order valence-electron chi connectivity index (χ4n) is 3.00. The lowest BCUT2D eigenvalue weighted by molar-refractivity contribution is -0.126. The Morgan fingerprint density at radius 3 is 2.50 bits per heavy atom. The molecule has 0 spiro atoms. The number of nitrogens with zero attached hydrogens (tertiary/aromatic N) is 1. The summed E-state index contributed by atoms with van der Waals surface area (Å²) in [6, 6.07) is 12.3. The molecule has 24 heavy (non-hydrogen) atoms. The second-order valence-electron chi connectivity index (χ2n) is 6.12. The summed E-state index contributed by atoms with van der Waals surface area (Å²) >= 11 is 0. The van der Waals surface area contributed by atoms with Crippen LogP contribution in [-0.2, 0) is 4.79 Å². The molecule has 0 saturated carbocycles. The van der Waals surface area contributed by atoms with E-state index in [0.29, 0.717) is 0 Å². The van der Waals surface area contributed by atoms with E-state index in [9.17, 15) is 4.79 Å². The first-order valence-corrected chi connectivity index (χ1v) is 8.25. The van der Waals surface area contributed by atoms with Crippen molar-refractivity contribution in [3.05, 3.63) is 54.4 Å². The third-order valence-corrected chi connectivity index (χ3v) is 4.47. The van der Waals surface area contributed by atoms with Crippen LogP contribution in [0.5, 0.6) is 0 Å². The monoisotopic (exact) mass is 345 g/mol. The molecule has 4 nitrogen and oxygen atoms in total. The van der Waals surface area contributed by atoms with Gasteiger partial charge in [0.05, 0.1) is 6.04 Å². The number of nitrogens with one attached hydrogen (secondary N) is 2. The van der Waals surface area contributed by atoms with Crippen molar-refractivity contribution >= 4 is 18.3 Å². The zero-order valence-corrected chi connectivity index (χ0v) is 14.7. The molecule has 1 aromatic heterocycles. The summed E-state index contributed by atoms with van der Waals surface area (Å²) < 4.78 is 0. The molecule has 2 heterocycles. The Kier molecular flexibility index (Phi) is 6.76. The van der Waals surface area contributed by atoms with Crippen molar-refractivity contribution < 1.29 is 4.79 Å². The summed E-state index contributed by atoms with van der Waals surface area (Å²) in [6.45, 7) is 3.91. The average Bonchev–Trinajstić information content (AvgIpc) is 2.63. The Labute approximate surface area is 149 Å². The van der Waals surface area contributed by atoms with Crippen LogP contribution in [0.2, 0.25) is 0 Å². The number of halogens is 1. The SMILES string of the molecule is CC(NC(=O)C1CCNCC1)c1ccc(-c2cccnc2)cc1.Cl. The number of piperidine rings is 1. The van der Waals surface area contributed by atoms with Crippen molar-refractivity contribution in [2.45, 2.75) is 25.8 Å². The van der Waals surface area contributed by atoms with Crippen LogP contribution in [0.4, 0.5) is 0 Å². The average molecular weight is 346 g/mol. The maximum atomic E-state index is 12.3. The molecule has 1 aliphatic rings. The van der Waals surface area contributed by atoms with Gasteiger partial charge in [0.15, 0.2) is 0 Å². The smallest absolute Gasteiger partial charge is 0.223 e. The van der Waals surface area contributed by atoms with Crippen molar-refractivity contribution in [3.8, 4) is 11.1 Å². The molecule has 0 bridgehead atoms. The van der Waals surface area contributed by atoms with Gasteiger partial charge in [-0.3, -0.25) is 9.78 Å². The van der Waals surface area contributed by atoms with E-state index in [0.717, 1.165) is 42.6 Å². The van der Waals surface area contributed by atoms with Gasteiger partial charge in [-0.25, -0.2) is 0 Å². The highest BCUT2D eigenvalue weighted by molar-refractivity contribution is 5.85. The maximum Gasteiger partial charge on any atom is 0.223 e. The summed E-state index contributed by atoms with van der Waals surface area (Å²) in [5.74, 6) is 0.323. The van der Waals surface area contributed by atoms with Crippen LogP contribution in [0.15, 0.2) is 48.8 Å². The molecule has 0 aliphatic carbocycles. The van der Waals surface area contributed by atoms with Gasteiger partial charge in [0.1, 0.15) is 0 Å². The molecular weight excluding hydrogens is 322 g/mol. The minimum absolute atomic E-state index is 0. The van der Waals surface area contributed by atoms with E-state index in [4.69, 9.17) is 0 Å². The van der Waals surface area contributed by atoms with Crippen molar-refractivity contribution in [3.63, 3.8) is 0 Å². The minimum atomic E-state index is 0. The number of carbonyl (C=O) groups is 1. The fraction of sp³-hybridized carbons (Fsp3) is 0.368. The maximum absolute atomic E-state index is 12.3. The van der Waals surface area contributed by atoms with E-state index < -0.39 is 0 Å². The Hall–Kier alpha value is -1.91. The Bertz CT molecular complexity index is 639. The van der Waals surface area contributed by atoms with Crippen molar-refractivity contribution in [2.75, 3.05) is 13.1 Å². The first-order chi connectivity index (χ1) is 11.2. The molecule has 2 N–H and O–H groups in total. The number of aromatic nitrogens is 1. The van der Waals surface area contributed by atoms with E-state index in [1.165, 1.54) is 0 Å². The van der Waals surface area contributed by atoms with Crippen molar-refractivity contribution in [1.29, 1.82) is 0 Å². The van der Waals surface area contributed by atoms with Crippen molar-refractivity contribution in [2.24, 2.45) is 5.92 Å². The molecule has 1 saturated heterocycles. The zero-order valence-electron chi connectivity index (χ0n) is 13.9. The number of rotatable bonds is 4. The van der Waals surface area contributed by atoms with E-state index in [1.807, 2.05) is 25.3 Å². The summed E-state index contributed by atoms with van der Waals surface area (Å²) in [7, 11) is 0. The molecule has 1 aromatic carbocycles. The van der Waals surface area contributed by atoms with Crippen LogP contribution in [0, 0.1) is 5.92 Å². The van der Waals surface area contributed by atoms with Gasteiger partial charge in [-0.1, -0.05) is 30.3 Å². The van der Waals surface area contributed by atoms with Crippen LogP contribution >= 0.6 is 12.4 Å². The highest BCUT2D eigenvalue weighted by Crippen LogP contribution is 2.22. The number of carbonyl (C=O) groups excluding carboxylic acids is 1. The van der Waals surface area contributed by atoms with Gasteiger partial charge in [0.25, 0.3) is 0 Å². The molecule has 5 heteroatoms. The Morgan fingerprint density at radius 2 is 1.88 bits per heavy atom. The number of hydrogen-bond donors (Lipinski definition) is 2. The molecule has 1 aliphatic heterocycles. The van der Waals surface area contributed by atoms with Crippen LogP contribution in [0.1, 0.15) is 31.4 Å². The molecule has 1 amide bonds. The van der Waals surface area contributed by atoms with Crippen molar-refractivity contribution in [1.82, 2.24) is 15.6 Å². The zero-order chi connectivity index (χ0) is 16.1. The molecular formula is C19H24ClN3O. The largest absolute Gasteiger partial charge is 0.349 e. The number of amides is 1. The number of pyridine rings is 1. The van der Waals surface area contributed by atoms with Gasteiger partial charge in [0.2, 0.25) is 5.91 Å². The summed E-state index contributed by atoms with van der Waals surface area (Å²) in [5.41, 5.74) is 3.36. The van der Waals surface area contributed by atoms with E-state index in [2.05, 4.69) is 39.9 Å². The Balaban J connectivity index is 0.00000208. The number of benzene rings is 1. The molecule has 3 rings (SSSR count). The normalized spacial score (nSPS) is 16.0. The second-order valence-corrected chi connectivity index (χ2v) is 6.12. The molecule has 0 radical (unpaired) electrons. The van der Waals surface area contributed by atoms with Gasteiger partial charge >= 0.3 is 0 Å². The molecule has 128 valence electrons. The quantitative estimate of drug-likeness (QED) is 0.893. The summed E-state index contributed by atoms with van der Waals surface area (Å²) in [4.78, 5) is 16.5. The molecule has 2 aromatic rings. The van der Waals surface area contributed by atoms with E-state index in [1.54, 1.807) is 6.20 Å². The standard InChI is InChI=1S/C19H23N3O.ClH/c1-14(22-19(23)17-8-11-20-12-9-17)15-4-6-16(7-5-15)18-3-2-10-21-13-18;/h2-7,10,13-14,17,20H,8-9,11-12H2,1H3,(H,22,23);1H. The first-order valence-electron chi connectivity index (χ1n) is 8.25. The highest BCUT2D eigenvalue weighted by Gasteiger charge is 2.22. The fourth-order valence-corrected chi connectivity index (χ4v) is 3.00. The van der Waals surface area contributed by atoms with E-state index >= 15 is 0 Å². The summed E-state index contributed by atoms with van der Waals surface area (Å²) in [6.07, 6.45) is 5.49. The second kappa shape index (κ2) is 8.81. The molecule has 1 fully saturated rings. The van der Waals surface area contributed by atoms with E-state index in [-0.39, 0.29) is 30.3 Å². The highest BCUT2D eigenvalue weighted by atomic mass is 35.5. The lowest BCUT2D eigenvalue weighted by Crippen LogP contribution is -2.39. The van der Waals surface area contributed by atoms with Gasteiger partial charge in [-0.05, 0) is 55.6 Å². The van der Waals surface area contributed by atoms with Gasteiger partial charge in [0, 0.05) is 18.3 Å². The minimum Gasteiger partial charge on any atom is -0.349 e. The Morgan fingerprint density at radius 1 is 1.17 bits per heavy atom. The van der Waals surface area contributed by atoms with Crippen LogP contribution in [0.25, 0.3) is 11.1 Å². The van der Waals surface area contributed by atoms with Gasteiger partial charge in [-0.15, -0.1) is 12.4 Å². The predicted molar refractivity (Wildman–Crippen MR) is 99.1 cm³/mol. The van der Waals surface area contributed by atoms with Crippen LogP contribution < -0.4 is 10.6 Å². The van der Waals surface area contributed by atoms with Crippen LogP contribution in [-0.4, -0.2) is 24.0 Å². The van der Waals surface area contributed by atoms with Gasteiger partial charge < -0.3 is 10.6 Å². The lowest BCUT2D eigenvalue weighted by Gasteiger charge is -2.24. The lowest BCUT2D eigenvalue weighted by atomic mass is 9.96. The van der Waals surface area contributed by atoms with Gasteiger partial charge in [-0.2, -0.15) is 0 Å².